The quantitative estimate of drug-likeness (QED) is 0.357. The lowest BCUT2D eigenvalue weighted by molar-refractivity contribution is -0.130. The molecule has 1 aliphatic rings. The molecule has 1 aromatic heterocycles. The maximum atomic E-state index is 13.3. The fraction of sp³-hybridized carbons (Fsp3) is 0.538. The fourth-order valence-electron chi connectivity index (χ4n) is 4.67. The van der Waals surface area contributed by atoms with Gasteiger partial charge >= 0.3 is 0 Å². The molecule has 1 fully saturated rings. The summed E-state index contributed by atoms with van der Waals surface area (Å²) < 4.78 is 5.36. The first-order chi connectivity index (χ1) is 16.7. The molecule has 0 saturated carbocycles. The van der Waals surface area contributed by atoms with Crippen molar-refractivity contribution in [2.24, 2.45) is 17.1 Å². The third-order valence-corrected chi connectivity index (χ3v) is 6.30. The zero-order chi connectivity index (χ0) is 26.8. The van der Waals surface area contributed by atoms with Gasteiger partial charge in [0.25, 0.3) is 5.91 Å². The average Bonchev–Trinajstić information content (AvgIpc) is 3.31. The minimum absolute atomic E-state index is 0.0916. The number of methoxy groups -OCH3 is 1. The Hall–Kier alpha value is -3.56. The number of nitrogens with two attached hydrogens (primary N) is 1. The first-order valence-electron chi connectivity index (χ1n) is 12.1. The second-order valence-electron chi connectivity index (χ2n) is 11.4. The van der Waals surface area contributed by atoms with Crippen molar-refractivity contribution in [1.82, 2.24) is 20.9 Å². The minimum Gasteiger partial charge on any atom is -0.496 e. The van der Waals surface area contributed by atoms with Crippen LogP contribution >= 0.6 is 0 Å². The van der Waals surface area contributed by atoms with Gasteiger partial charge in [-0.05, 0) is 56.7 Å². The smallest absolute Gasteiger partial charge is 0.268 e. The zero-order valence-electron chi connectivity index (χ0n) is 21.8. The topological polar surface area (TPSA) is 155 Å². The molecule has 0 unspecified atom stereocenters. The Morgan fingerprint density at radius 3 is 2.44 bits per heavy atom. The van der Waals surface area contributed by atoms with Gasteiger partial charge in [0.05, 0.1) is 7.11 Å². The molecule has 10 heteroatoms. The van der Waals surface area contributed by atoms with Gasteiger partial charge < -0.3 is 31.4 Å². The van der Waals surface area contributed by atoms with Gasteiger partial charge in [-0.3, -0.25) is 19.2 Å². The predicted molar refractivity (Wildman–Crippen MR) is 136 cm³/mol. The Morgan fingerprint density at radius 2 is 1.89 bits per heavy atom. The number of nitrogens with one attached hydrogen (secondary N) is 4. The van der Waals surface area contributed by atoms with Crippen LogP contribution in [0.1, 0.15) is 64.4 Å². The fourth-order valence-corrected chi connectivity index (χ4v) is 4.67. The van der Waals surface area contributed by atoms with Gasteiger partial charge in [-0.25, -0.2) is 0 Å². The zero-order valence-corrected chi connectivity index (χ0v) is 21.8. The molecule has 10 nitrogen and oxygen atoms in total. The summed E-state index contributed by atoms with van der Waals surface area (Å²) in [6.07, 6.45) is 0.933. The van der Waals surface area contributed by atoms with E-state index in [0.717, 1.165) is 10.9 Å². The number of hydrogen-bond acceptors (Lipinski definition) is 5. The molecule has 0 bridgehead atoms. The van der Waals surface area contributed by atoms with Crippen molar-refractivity contribution in [2.75, 3.05) is 7.11 Å². The first kappa shape index (κ1) is 27.0. The van der Waals surface area contributed by atoms with Crippen LogP contribution in [0, 0.1) is 11.3 Å². The predicted octanol–water partition coefficient (Wildman–Crippen LogP) is 1.99. The number of benzene rings is 1. The number of hydrogen-bond donors (Lipinski definition) is 5. The van der Waals surface area contributed by atoms with E-state index in [9.17, 15) is 19.2 Å². The van der Waals surface area contributed by atoms with Crippen molar-refractivity contribution < 1.29 is 23.9 Å². The highest BCUT2D eigenvalue weighted by atomic mass is 16.5. The number of aromatic amines is 1. The van der Waals surface area contributed by atoms with Gasteiger partial charge in [-0.15, -0.1) is 0 Å². The second-order valence-corrected chi connectivity index (χ2v) is 11.4. The molecule has 3 rings (SSSR count). The van der Waals surface area contributed by atoms with Crippen molar-refractivity contribution in [3.8, 4) is 5.75 Å². The summed E-state index contributed by atoms with van der Waals surface area (Å²) in [7, 11) is 1.55. The number of carbonyl (C=O) groups excluding carboxylic acids is 4. The van der Waals surface area contributed by atoms with E-state index >= 15 is 0 Å². The Morgan fingerprint density at radius 1 is 1.19 bits per heavy atom. The number of ether oxygens (including phenoxy) is 1. The summed E-state index contributed by atoms with van der Waals surface area (Å²) in [4.78, 5) is 54.0. The Bertz CT molecular complexity index is 1160. The molecule has 196 valence electrons. The lowest BCUT2D eigenvalue weighted by atomic mass is 9.87. The van der Waals surface area contributed by atoms with Gasteiger partial charge in [-0.1, -0.05) is 26.8 Å². The molecule has 2 aromatic rings. The number of rotatable bonds is 9. The van der Waals surface area contributed by atoms with Crippen LogP contribution in [0.15, 0.2) is 24.3 Å². The first-order valence-corrected chi connectivity index (χ1v) is 12.1. The molecule has 36 heavy (non-hydrogen) atoms. The summed E-state index contributed by atoms with van der Waals surface area (Å²) in [5.74, 6) is -1.73. The highest BCUT2D eigenvalue weighted by Crippen LogP contribution is 2.29. The lowest BCUT2D eigenvalue weighted by Crippen LogP contribution is -2.54. The number of amides is 4. The summed E-state index contributed by atoms with van der Waals surface area (Å²) in [6.45, 7) is 9.64. The van der Waals surface area contributed by atoms with Gasteiger partial charge in [-0.2, -0.15) is 0 Å². The van der Waals surface area contributed by atoms with Gasteiger partial charge in [0.1, 0.15) is 23.5 Å². The van der Waals surface area contributed by atoms with Gasteiger partial charge in [0.15, 0.2) is 0 Å². The summed E-state index contributed by atoms with van der Waals surface area (Å²) in [5.41, 5.74) is 5.88. The number of aromatic nitrogens is 1. The van der Waals surface area contributed by atoms with Crippen molar-refractivity contribution in [1.29, 1.82) is 0 Å². The Labute approximate surface area is 211 Å². The molecule has 4 amide bonds. The molecule has 0 spiro atoms. The Kier molecular flexibility index (Phi) is 7.66. The van der Waals surface area contributed by atoms with Gasteiger partial charge in [0, 0.05) is 22.4 Å². The highest BCUT2D eigenvalue weighted by Gasteiger charge is 2.40. The maximum absolute atomic E-state index is 13.3. The molecule has 0 aliphatic carbocycles. The van der Waals surface area contributed by atoms with Crippen LogP contribution in [0.4, 0.5) is 0 Å². The van der Waals surface area contributed by atoms with E-state index < -0.39 is 35.7 Å². The van der Waals surface area contributed by atoms with E-state index in [1.54, 1.807) is 19.2 Å². The third-order valence-electron chi connectivity index (χ3n) is 6.30. The molecular weight excluding hydrogens is 462 g/mol. The molecule has 1 aliphatic heterocycles. The van der Waals surface area contributed by atoms with Crippen LogP contribution in [0.5, 0.6) is 5.75 Å². The largest absolute Gasteiger partial charge is 0.496 e. The van der Waals surface area contributed by atoms with Crippen LogP contribution in [-0.4, -0.2) is 53.3 Å². The van der Waals surface area contributed by atoms with E-state index in [-0.39, 0.29) is 29.0 Å². The lowest BCUT2D eigenvalue weighted by Gasteiger charge is -2.28. The van der Waals surface area contributed by atoms with Gasteiger partial charge in [0.2, 0.25) is 17.7 Å². The highest BCUT2D eigenvalue weighted by molar-refractivity contribution is 6.01. The summed E-state index contributed by atoms with van der Waals surface area (Å²) in [5, 5.41) is 9.10. The minimum atomic E-state index is -1.04. The normalized spacial score (nSPS) is 18.8. The van der Waals surface area contributed by atoms with Crippen LogP contribution in [0.2, 0.25) is 0 Å². The van der Waals surface area contributed by atoms with Crippen molar-refractivity contribution >= 4 is 34.5 Å². The van der Waals surface area contributed by atoms with Crippen molar-refractivity contribution in [3.05, 3.63) is 30.0 Å². The third kappa shape index (κ3) is 6.56. The molecule has 1 aromatic carbocycles. The van der Waals surface area contributed by atoms with E-state index in [1.165, 1.54) is 0 Å². The van der Waals surface area contributed by atoms with Crippen LogP contribution in [0.3, 0.4) is 0 Å². The van der Waals surface area contributed by atoms with Crippen molar-refractivity contribution in [3.63, 3.8) is 0 Å². The van der Waals surface area contributed by atoms with Crippen LogP contribution < -0.4 is 26.4 Å². The molecule has 1 saturated heterocycles. The number of fused-ring (bicyclic) bond motifs is 1. The monoisotopic (exact) mass is 499 g/mol. The average molecular weight is 500 g/mol. The summed E-state index contributed by atoms with van der Waals surface area (Å²) >= 11 is 0. The number of H-pyrrole nitrogens is 1. The second kappa shape index (κ2) is 10.2. The summed E-state index contributed by atoms with van der Waals surface area (Å²) in [6, 6.07) is 5.13. The van der Waals surface area contributed by atoms with E-state index in [4.69, 9.17) is 10.5 Å². The number of carbonyl (C=O) groups is 4. The van der Waals surface area contributed by atoms with Crippen LogP contribution in [-0.2, 0) is 14.4 Å². The molecule has 2 heterocycles. The maximum Gasteiger partial charge on any atom is 0.268 e. The molecule has 3 atom stereocenters. The molecular formula is C26H37N5O5. The molecule has 0 radical (unpaired) electrons. The Balaban J connectivity index is 1.77. The molecule has 6 N–H and O–H groups in total. The SMILES string of the molecule is COc1cccc2[nH]c(C(=O)N[C@@H](CC(C)(C)C)C(=O)N[C@@H](C[C@@H]3CC(C)(C)NC3=O)C(N)=O)cc12. The van der Waals surface area contributed by atoms with E-state index in [0.29, 0.717) is 18.6 Å². The van der Waals surface area contributed by atoms with E-state index in [2.05, 4.69) is 20.9 Å². The standard InChI is InChI=1S/C26H37N5O5/c1-25(2,3)13-19(30-23(34)18-11-15-16(28-18)8-7-9-20(15)36-6)24(35)29-17(21(27)32)10-14-12-26(4,5)31-22(14)33/h7-9,11,14,17,19,28H,10,12-13H2,1-6H3,(H2,27,32)(H,29,35)(H,30,34)(H,31,33)/t14-,17+,19+/m1/s1. The van der Waals surface area contributed by atoms with Crippen LogP contribution in [0.25, 0.3) is 10.9 Å². The number of primary amides is 1. The van der Waals surface area contributed by atoms with Crippen molar-refractivity contribution in [2.45, 2.75) is 71.5 Å². The van der Waals surface area contributed by atoms with E-state index in [1.807, 2.05) is 46.8 Å².